The molecule has 7 heteroatoms. The lowest BCUT2D eigenvalue weighted by Crippen LogP contribution is -2.31. The van der Waals surface area contributed by atoms with Gasteiger partial charge in [-0.15, -0.1) is 0 Å². The summed E-state index contributed by atoms with van der Waals surface area (Å²) in [6, 6.07) is 96.8. The third-order valence-corrected chi connectivity index (χ3v) is 20.6. The Bertz CT molecular complexity index is 5820. The fourth-order valence-corrected chi connectivity index (χ4v) is 16.5. The molecule has 17 aromatic rings. The van der Waals surface area contributed by atoms with E-state index in [9.17, 15) is 0 Å². The van der Waals surface area contributed by atoms with E-state index in [1.165, 1.54) is 71.3 Å². The Morgan fingerprint density at radius 3 is 1.00 bits per heavy atom. The van der Waals surface area contributed by atoms with Crippen LogP contribution >= 0.6 is 0 Å². The Morgan fingerprint density at radius 2 is 0.566 bits per heavy atom. The van der Waals surface area contributed by atoms with Gasteiger partial charge < -0.3 is 0 Å². The second kappa shape index (κ2) is 24.2. The molecule has 0 unspecified atom stereocenters. The van der Waals surface area contributed by atoms with Crippen molar-refractivity contribution < 1.29 is 9.13 Å². The topological polar surface area (TPSA) is 78.0 Å². The SMILES string of the molecule is Cc1cc(C)c(-c2nc(-c3c(C)cc(C)c(-c4ccc(-c5[nH]c6ccccc6[n+]5-c5ccccc5)cc4)c3C)nc(-c3c(C)cc(C)c(-c4c5ccccc5c(-c5ccc6ccccc6c5)c5ccccc45)c3C)n2)c(C)c1-c1ccc(-c2[nH]c3ccccc3[n+]2-c2ccccc2)cc1. The second-order valence-electron chi connectivity index (χ2n) is 26.8. The van der Waals surface area contributed by atoms with Crippen LogP contribution in [-0.4, -0.2) is 24.9 Å². The van der Waals surface area contributed by atoms with E-state index >= 15 is 0 Å². The minimum absolute atomic E-state index is 0.636. The van der Waals surface area contributed by atoms with Crippen LogP contribution < -0.4 is 9.13 Å². The second-order valence-corrected chi connectivity index (χ2v) is 26.8. The van der Waals surface area contributed by atoms with Gasteiger partial charge in [-0.05, 0) is 268 Å². The smallest absolute Gasteiger partial charge is 0.236 e. The van der Waals surface area contributed by atoms with E-state index in [2.05, 4.69) is 348 Å². The van der Waals surface area contributed by atoms with E-state index in [1.807, 2.05) is 0 Å². The molecule has 0 amide bonds. The summed E-state index contributed by atoms with van der Waals surface area (Å²) in [7, 11) is 0. The average Bonchev–Trinajstić information content (AvgIpc) is 1.53. The molecule has 0 aliphatic carbocycles. The normalized spacial score (nSPS) is 11.7. The number of imidazole rings is 2. The lowest BCUT2D eigenvalue weighted by atomic mass is 9.81. The molecule has 0 saturated heterocycles. The molecule has 3 heterocycles. The summed E-state index contributed by atoms with van der Waals surface area (Å²) < 4.78 is 4.63. The number of para-hydroxylation sites is 6. The van der Waals surface area contributed by atoms with E-state index in [1.54, 1.807) is 0 Å². The van der Waals surface area contributed by atoms with Crippen LogP contribution in [0.5, 0.6) is 0 Å². The van der Waals surface area contributed by atoms with E-state index < -0.39 is 0 Å². The first-order valence-electron chi connectivity index (χ1n) is 34.3. The molecular weight excluding hydrogens is 1200 g/mol. The standard InChI is InChI=1S/C92H71N7/c1-54-50-57(4)83(60(7)80(54)64-41-45-66(46-42-64)91-93-76-36-22-24-38-78(76)98(91)70-28-12-10-13-29-70)88-95-89(84-58(5)51-55(2)81(61(84)8)65-43-47-67(48-44-65)92-94-77-37-23-25-39-79(77)99(92)71-30-14-11-15-31-71)97-90(96-88)85-59(6)52-56(3)82(62(85)9)87-74-34-20-18-32-72(74)86(73-33-19-21-35-75(73)87)69-49-40-63-26-16-17-27-68(63)53-69/h10-53H,1-9H3/p+2. The van der Waals surface area contributed by atoms with Crippen molar-refractivity contribution in [1.82, 2.24) is 24.9 Å². The predicted molar refractivity (Wildman–Crippen MR) is 411 cm³/mol. The largest absolute Gasteiger partial charge is 0.292 e. The van der Waals surface area contributed by atoms with Crippen molar-refractivity contribution >= 4 is 54.4 Å². The van der Waals surface area contributed by atoms with Crippen LogP contribution in [0, 0.1) is 62.3 Å². The highest BCUT2D eigenvalue weighted by atomic mass is 15.1. The van der Waals surface area contributed by atoms with Gasteiger partial charge >= 0.3 is 0 Å². The van der Waals surface area contributed by atoms with Crippen LogP contribution in [0.3, 0.4) is 0 Å². The molecule has 3 aromatic heterocycles. The molecule has 0 radical (unpaired) electrons. The number of aromatic nitrogens is 7. The number of nitrogens with one attached hydrogen (secondary N) is 2. The first-order chi connectivity index (χ1) is 48.3. The molecule has 99 heavy (non-hydrogen) atoms. The zero-order valence-corrected chi connectivity index (χ0v) is 57.1. The van der Waals surface area contributed by atoms with E-state index in [-0.39, 0.29) is 0 Å². The molecule has 0 aliphatic rings. The zero-order valence-electron chi connectivity index (χ0n) is 57.1. The van der Waals surface area contributed by atoms with Gasteiger partial charge in [0.15, 0.2) is 39.5 Å². The van der Waals surface area contributed by atoms with Gasteiger partial charge in [-0.1, -0.05) is 188 Å². The van der Waals surface area contributed by atoms with Gasteiger partial charge in [-0.25, -0.2) is 24.9 Å². The maximum absolute atomic E-state index is 5.79. The summed E-state index contributed by atoms with van der Waals surface area (Å²) in [5.74, 6) is 3.95. The van der Waals surface area contributed by atoms with Crippen LogP contribution in [-0.2, 0) is 0 Å². The first kappa shape index (κ1) is 60.5. The van der Waals surface area contributed by atoms with Crippen molar-refractivity contribution in [2.45, 2.75) is 62.3 Å². The van der Waals surface area contributed by atoms with Gasteiger partial charge in [0.25, 0.3) is 11.6 Å². The number of fused-ring (bicyclic) bond motifs is 5. The highest BCUT2D eigenvalue weighted by Gasteiger charge is 2.29. The summed E-state index contributed by atoms with van der Waals surface area (Å²) in [6.45, 7) is 20.2. The lowest BCUT2D eigenvalue weighted by molar-refractivity contribution is -0.555. The quantitative estimate of drug-likeness (QED) is 0.100. The van der Waals surface area contributed by atoms with Crippen LogP contribution in [0.15, 0.2) is 267 Å². The van der Waals surface area contributed by atoms with Gasteiger partial charge in [0.05, 0.1) is 11.1 Å². The molecule has 7 nitrogen and oxygen atoms in total. The third-order valence-electron chi connectivity index (χ3n) is 20.6. The molecule has 0 bridgehead atoms. The number of hydrogen-bond acceptors (Lipinski definition) is 3. The molecule has 2 N–H and O–H groups in total. The third kappa shape index (κ3) is 10.1. The Kier molecular flexibility index (Phi) is 14.8. The summed E-state index contributed by atoms with van der Waals surface area (Å²) in [5.41, 5.74) is 31.3. The van der Waals surface area contributed by atoms with E-state index in [4.69, 9.17) is 15.0 Å². The number of rotatable bonds is 11. The number of benzene rings is 14. The van der Waals surface area contributed by atoms with Gasteiger partial charge in [0, 0.05) is 16.7 Å². The molecule has 474 valence electrons. The van der Waals surface area contributed by atoms with E-state index in [0.717, 1.165) is 129 Å². The van der Waals surface area contributed by atoms with Crippen molar-refractivity contribution in [3.05, 3.63) is 317 Å². The fraction of sp³-hybridized carbons (Fsp3) is 0.0978. The van der Waals surface area contributed by atoms with Crippen LogP contribution in [0.2, 0.25) is 0 Å². The fourth-order valence-electron chi connectivity index (χ4n) is 16.5. The maximum Gasteiger partial charge on any atom is 0.292 e. The number of nitrogens with zero attached hydrogens (tertiary/aromatic N) is 5. The average molecular weight is 1280 g/mol. The van der Waals surface area contributed by atoms with Gasteiger partial charge in [-0.3, -0.25) is 0 Å². The Hall–Kier alpha value is -12.2. The molecular formula is C92H73N7+2. The summed E-state index contributed by atoms with van der Waals surface area (Å²) in [6.07, 6.45) is 0. The van der Waals surface area contributed by atoms with Gasteiger partial charge in [0.1, 0.15) is 11.4 Å². The highest BCUT2D eigenvalue weighted by molar-refractivity contribution is 6.22. The van der Waals surface area contributed by atoms with E-state index in [0.29, 0.717) is 17.5 Å². The first-order valence-corrected chi connectivity index (χ1v) is 34.3. The van der Waals surface area contributed by atoms with Crippen molar-refractivity contribution in [2.75, 3.05) is 0 Å². The summed E-state index contributed by atoms with van der Waals surface area (Å²) in [5, 5.41) is 7.26. The number of aryl methyl sites for hydroxylation is 6. The van der Waals surface area contributed by atoms with Gasteiger partial charge in [0.2, 0.25) is 0 Å². The number of H-pyrrole nitrogens is 2. The minimum atomic E-state index is 0.636. The predicted octanol–water partition coefficient (Wildman–Crippen LogP) is 22.6. The minimum Gasteiger partial charge on any atom is -0.236 e. The molecule has 0 spiro atoms. The molecule has 0 atom stereocenters. The summed E-state index contributed by atoms with van der Waals surface area (Å²) in [4.78, 5) is 24.9. The molecule has 14 aromatic carbocycles. The van der Waals surface area contributed by atoms with Crippen molar-refractivity contribution in [2.24, 2.45) is 0 Å². The maximum atomic E-state index is 5.79. The number of hydrogen-bond donors (Lipinski definition) is 2. The lowest BCUT2D eigenvalue weighted by Gasteiger charge is -2.23. The van der Waals surface area contributed by atoms with Crippen molar-refractivity contribution in [3.8, 4) is 113 Å². The van der Waals surface area contributed by atoms with Gasteiger partial charge in [-0.2, -0.15) is 9.13 Å². The van der Waals surface area contributed by atoms with Crippen molar-refractivity contribution in [3.63, 3.8) is 0 Å². The Labute approximate surface area is 577 Å². The van der Waals surface area contributed by atoms with Crippen LogP contribution in [0.1, 0.15) is 50.1 Å². The highest BCUT2D eigenvalue weighted by Crippen LogP contribution is 2.49. The summed E-state index contributed by atoms with van der Waals surface area (Å²) >= 11 is 0. The van der Waals surface area contributed by atoms with Crippen LogP contribution in [0.25, 0.3) is 167 Å². The molecule has 17 rings (SSSR count). The molecule has 0 saturated carbocycles. The Morgan fingerprint density at radius 1 is 0.242 bits per heavy atom. The van der Waals surface area contributed by atoms with Crippen molar-refractivity contribution in [1.29, 1.82) is 0 Å². The monoisotopic (exact) mass is 1280 g/mol. The Balaban J connectivity index is 0.855. The van der Waals surface area contributed by atoms with Crippen LogP contribution in [0.4, 0.5) is 0 Å². The number of aromatic amines is 2. The molecule has 0 fully saturated rings. The molecule has 0 aliphatic heterocycles. The zero-order chi connectivity index (χ0) is 67.3.